The third kappa shape index (κ3) is 6.09. The smallest absolute Gasteiger partial charge is 0.325 e. The van der Waals surface area contributed by atoms with Crippen molar-refractivity contribution < 1.29 is 23.9 Å². The van der Waals surface area contributed by atoms with Crippen LogP contribution in [-0.4, -0.2) is 54.8 Å². The van der Waals surface area contributed by atoms with E-state index in [-0.39, 0.29) is 36.8 Å². The number of nitrogens with one attached hydrogen (secondary N) is 1. The number of esters is 1. The van der Waals surface area contributed by atoms with Gasteiger partial charge in [-0.3, -0.25) is 19.2 Å². The van der Waals surface area contributed by atoms with Crippen LogP contribution in [0.4, 0.5) is 0 Å². The Balaban J connectivity index is 1.72. The molecule has 8 nitrogen and oxygen atoms in total. The number of likely N-dealkylation sites (tertiary alicyclic amines) is 1. The Hall–Kier alpha value is -2.90. The summed E-state index contributed by atoms with van der Waals surface area (Å²) in [5.74, 6) is -1.95. The highest BCUT2D eigenvalue weighted by molar-refractivity contribution is 5.96. The Kier molecular flexibility index (Phi) is 6.92. The van der Waals surface area contributed by atoms with Crippen molar-refractivity contribution in [2.24, 2.45) is 11.7 Å². The van der Waals surface area contributed by atoms with Gasteiger partial charge in [0.05, 0.1) is 0 Å². The summed E-state index contributed by atoms with van der Waals surface area (Å²) in [6.45, 7) is 3.88. The lowest BCUT2D eigenvalue weighted by Crippen LogP contribution is -2.43. The Bertz CT molecular complexity index is 719. The molecule has 0 unspecified atom stereocenters. The second kappa shape index (κ2) is 9.16. The van der Waals surface area contributed by atoms with Crippen LogP contribution in [-0.2, 0) is 19.1 Å². The molecule has 1 aliphatic rings. The molecule has 2 rings (SSSR count). The van der Waals surface area contributed by atoms with Crippen LogP contribution in [0.2, 0.25) is 0 Å². The molecule has 0 aliphatic carbocycles. The third-order valence-corrected chi connectivity index (χ3v) is 4.48. The summed E-state index contributed by atoms with van der Waals surface area (Å²) < 4.78 is 4.93. The summed E-state index contributed by atoms with van der Waals surface area (Å²) in [7, 11) is 0. The third-order valence-electron chi connectivity index (χ3n) is 4.48. The molecule has 0 aromatic heterocycles. The molecule has 1 aliphatic heterocycles. The molecule has 0 atom stereocenters. The van der Waals surface area contributed by atoms with Gasteiger partial charge in [0.1, 0.15) is 6.54 Å². The van der Waals surface area contributed by atoms with Crippen molar-refractivity contribution >= 4 is 23.7 Å². The van der Waals surface area contributed by atoms with Gasteiger partial charge in [-0.05, 0) is 38.8 Å². The topological polar surface area (TPSA) is 119 Å². The Morgan fingerprint density at radius 1 is 1.11 bits per heavy atom. The highest BCUT2D eigenvalue weighted by Crippen LogP contribution is 2.16. The highest BCUT2D eigenvalue weighted by atomic mass is 16.5. The van der Waals surface area contributed by atoms with Gasteiger partial charge >= 0.3 is 5.97 Å². The van der Waals surface area contributed by atoms with Crippen molar-refractivity contribution in [3.63, 3.8) is 0 Å². The van der Waals surface area contributed by atoms with Crippen molar-refractivity contribution in [1.29, 1.82) is 0 Å². The van der Waals surface area contributed by atoms with Gasteiger partial charge in [-0.2, -0.15) is 0 Å². The zero-order valence-electron chi connectivity index (χ0n) is 15.6. The fourth-order valence-corrected chi connectivity index (χ4v) is 3.06. The van der Waals surface area contributed by atoms with Crippen LogP contribution in [0.15, 0.2) is 18.2 Å². The average Bonchev–Trinajstić information content (AvgIpc) is 2.63. The van der Waals surface area contributed by atoms with Crippen LogP contribution >= 0.6 is 0 Å². The van der Waals surface area contributed by atoms with E-state index in [0.717, 1.165) is 11.1 Å². The minimum Gasteiger partial charge on any atom is -0.454 e. The second-order valence-corrected chi connectivity index (χ2v) is 6.78. The molecule has 0 bridgehead atoms. The minimum absolute atomic E-state index is 0.211. The Morgan fingerprint density at radius 3 is 2.26 bits per heavy atom. The number of hydrogen-bond donors (Lipinski definition) is 2. The Morgan fingerprint density at radius 2 is 1.70 bits per heavy atom. The van der Waals surface area contributed by atoms with E-state index in [1.807, 2.05) is 19.9 Å². The van der Waals surface area contributed by atoms with Crippen LogP contribution in [0.25, 0.3) is 0 Å². The van der Waals surface area contributed by atoms with E-state index in [1.165, 1.54) is 0 Å². The number of ether oxygens (including phenoxy) is 1. The maximum atomic E-state index is 12.1. The normalized spacial score (nSPS) is 14.5. The molecule has 146 valence electrons. The Labute approximate surface area is 158 Å². The number of benzene rings is 1. The van der Waals surface area contributed by atoms with Crippen molar-refractivity contribution in [2.75, 3.05) is 26.2 Å². The molecular weight excluding hydrogens is 350 g/mol. The lowest BCUT2D eigenvalue weighted by molar-refractivity contribution is -0.151. The van der Waals surface area contributed by atoms with Crippen molar-refractivity contribution in [1.82, 2.24) is 10.2 Å². The van der Waals surface area contributed by atoms with E-state index in [9.17, 15) is 19.2 Å². The van der Waals surface area contributed by atoms with Crippen molar-refractivity contribution in [2.45, 2.75) is 26.7 Å². The fourth-order valence-electron chi connectivity index (χ4n) is 3.06. The summed E-state index contributed by atoms with van der Waals surface area (Å²) in [6.07, 6.45) is 1.03. The largest absolute Gasteiger partial charge is 0.454 e. The maximum absolute atomic E-state index is 12.1. The summed E-state index contributed by atoms with van der Waals surface area (Å²) in [6, 6.07) is 5.41. The summed E-state index contributed by atoms with van der Waals surface area (Å²) in [5, 5.41) is 2.48. The number of rotatable bonds is 6. The molecule has 1 heterocycles. The summed E-state index contributed by atoms with van der Waals surface area (Å²) >= 11 is 0. The van der Waals surface area contributed by atoms with Crippen LogP contribution in [0, 0.1) is 19.8 Å². The van der Waals surface area contributed by atoms with Gasteiger partial charge in [-0.25, -0.2) is 0 Å². The van der Waals surface area contributed by atoms with E-state index < -0.39 is 5.97 Å². The monoisotopic (exact) mass is 375 g/mol. The number of carbonyl (C=O) groups excluding carboxylic acids is 4. The molecule has 1 aromatic carbocycles. The SMILES string of the molecule is Cc1cc(C)cc(C(=O)NCC(=O)OCC(=O)N2CCC(C(N)=O)CC2)c1. The first kappa shape index (κ1) is 20.4. The van der Waals surface area contributed by atoms with Crippen molar-refractivity contribution in [3.8, 4) is 0 Å². The van der Waals surface area contributed by atoms with Gasteiger partial charge in [0, 0.05) is 24.6 Å². The van der Waals surface area contributed by atoms with Crippen LogP contribution < -0.4 is 11.1 Å². The lowest BCUT2D eigenvalue weighted by atomic mass is 9.96. The van der Waals surface area contributed by atoms with E-state index in [1.54, 1.807) is 17.0 Å². The molecule has 27 heavy (non-hydrogen) atoms. The molecule has 3 N–H and O–H groups in total. The zero-order chi connectivity index (χ0) is 20.0. The molecular formula is C19H25N3O5. The average molecular weight is 375 g/mol. The molecule has 0 saturated carbocycles. The van der Waals surface area contributed by atoms with Crippen LogP contribution in [0.3, 0.4) is 0 Å². The predicted octanol–water partition coefficient (Wildman–Crippen LogP) is 0.300. The number of hydrogen-bond acceptors (Lipinski definition) is 5. The molecule has 8 heteroatoms. The second-order valence-electron chi connectivity index (χ2n) is 6.78. The molecule has 1 fully saturated rings. The van der Waals surface area contributed by atoms with Crippen molar-refractivity contribution in [3.05, 3.63) is 34.9 Å². The molecule has 1 saturated heterocycles. The number of carbonyl (C=O) groups is 4. The number of nitrogens with two attached hydrogens (primary N) is 1. The number of aryl methyl sites for hydroxylation is 2. The van der Waals surface area contributed by atoms with Crippen LogP contribution in [0.1, 0.15) is 34.3 Å². The minimum atomic E-state index is -0.687. The first-order chi connectivity index (χ1) is 12.8. The molecule has 3 amide bonds. The van der Waals surface area contributed by atoms with Gasteiger partial charge in [0.25, 0.3) is 11.8 Å². The quantitative estimate of drug-likeness (QED) is 0.693. The van der Waals surface area contributed by atoms with E-state index in [4.69, 9.17) is 10.5 Å². The van der Waals surface area contributed by atoms with E-state index in [2.05, 4.69) is 5.32 Å². The van der Waals surface area contributed by atoms with Crippen LogP contribution in [0.5, 0.6) is 0 Å². The lowest BCUT2D eigenvalue weighted by Gasteiger charge is -2.30. The van der Waals surface area contributed by atoms with Gasteiger partial charge < -0.3 is 20.7 Å². The number of primary amides is 1. The number of nitrogens with zero attached hydrogens (tertiary/aromatic N) is 1. The number of piperidine rings is 1. The summed E-state index contributed by atoms with van der Waals surface area (Å²) in [4.78, 5) is 48.6. The standard InChI is InChI=1S/C19H25N3O5/c1-12-7-13(2)9-15(8-12)19(26)21-10-17(24)27-11-16(23)22-5-3-14(4-6-22)18(20)25/h7-9,14H,3-6,10-11H2,1-2H3,(H2,20,25)(H,21,26). The van der Waals surface area contributed by atoms with Gasteiger partial charge in [-0.1, -0.05) is 17.2 Å². The first-order valence-electron chi connectivity index (χ1n) is 8.85. The zero-order valence-corrected chi connectivity index (χ0v) is 15.6. The van der Waals surface area contributed by atoms with Gasteiger partial charge in [-0.15, -0.1) is 0 Å². The predicted molar refractivity (Wildman–Crippen MR) is 97.7 cm³/mol. The number of amides is 3. The molecule has 0 radical (unpaired) electrons. The van der Waals surface area contributed by atoms with E-state index >= 15 is 0 Å². The summed E-state index contributed by atoms with van der Waals surface area (Å²) in [5.41, 5.74) is 7.63. The molecule has 1 aromatic rings. The maximum Gasteiger partial charge on any atom is 0.325 e. The van der Waals surface area contributed by atoms with Gasteiger partial charge in [0.15, 0.2) is 6.61 Å². The molecule has 0 spiro atoms. The highest BCUT2D eigenvalue weighted by Gasteiger charge is 2.26. The first-order valence-corrected chi connectivity index (χ1v) is 8.85. The fraction of sp³-hybridized carbons (Fsp3) is 0.474. The van der Waals surface area contributed by atoms with E-state index in [0.29, 0.717) is 31.5 Å². The van der Waals surface area contributed by atoms with Gasteiger partial charge in [0.2, 0.25) is 5.91 Å².